The minimum absolute atomic E-state index is 0.0631. The van der Waals surface area contributed by atoms with Gasteiger partial charge in [0, 0.05) is 30.6 Å². The van der Waals surface area contributed by atoms with E-state index in [0.29, 0.717) is 33.6 Å². The number of anilines is 2. The van der Waals surface area contributed by atoms with E-state index < -0.39 is 12.0 Å². The Balaban J connectivity index is 1.58. The van der Waals surface area contributed by atoms with Gasteiger partial charge in [0.1, 0.15) is 16.6 Å². The molecule has 0 amide bonds. The van der Waals surface area contributed by atoms with Crippen LogP contribution in [-0.4, -0.2) is 30.4 Å². The van der Waals surface area contributed by atoms with Gasteiger partial charge in [-0.2, -0.15) is 0 Å². The molecule has 1 unspecified atom stereocenters. The van der Waals surface area contributed by atoms with E-state index in [0.717, 1.165) is 11.3 Å². The largest absolute Gasteiger partial charge is 0.476 e. The lowest BCUT2D eigenvalue weighted by atomic mass is 10.1. The van der Waals surface area contributed by atoms with Crippen LogP contribution < -0.4 is 15.8 Å². The zero-order chi connectivity index (χ0) is 25.7. The van der Waals surface area contributed by atoms with Gasteiger partial charge in [-0.15, -0.1) is 0 Å². The molecule has 0 saturated carbocycles. The quantitative estimate of drug-likeness (QED) is 0.321. The first-order chi connectivity index (χ1) is 17.1. The van der Waals surface area contributed by atoms with E-state index in [4.69, 9.17) is 39.8 Å². The Morgan fingerprint density at radius 3 is 2.69 bits per heavy atom. The first kappa shape index (κ1) is 24.3. The second-order valence-corrected chi connectivity index (χ2v) is 9.72. The zero-order valence-electron chi connectivity index (χ0n) is 19.0. The molecule has 0 aliphatic carbocycles. The number of fused-ring (bicyclic) bond motifs is 2. The highest BCUT2D eigenvalue weighted by Gasteiger charge is 2.30. The predicted molar refractivity (Wildman–Crippen MR) is 139 cm³/mol. The molecule has 184 valence electrons. The molecule has 5 rings (SSSR count). The lowest BCUT2D eigenvalue weighted by Gasteiger charge is -2.24. The molecule has 0 saturated heterocycles. The maximum atomic E-state index is 13.1. The van der Waals surface area contributed by atoms with Gasteiger partial charge in [-0.25, -0.2) is 14.8 Å². The summed E-state index contributed by atoms with van der Waals surface area (Å²) in [7, 11) is 0. The van der Waals surface area contributed by atoms with Gasteiger partial charge in [0.25, 0.3) is 5.56 Å². The molecular formula is C24H19Cl3N6O3. The van der Waals surface area contributed by atoms with Crippen LogP contribution in [0, 0.1) is 0 Å². The van der Waals surface area contributed by atoms with Crippen molar-refractivity contribution in [3.05, 3.63) is 90.8 Å². The highest BCUT2D eigenvalue weighted by atomic mass is 35.5. The lowest BCUT2D eigenvalue weighted by Crippen LogP contribution is -2.25. The summed E-state index contributed by atoms with van der Waals surface area (Å²) in [5.41, 5.74) is 2.57. The van der Waals surface area contributed by atoms with Gasteiger partial charge in [-0.05, 0) is 43.7 Å². The first-order valence-electron chi connectivity index (χ1n) is 10.9. The van der Waals surface area contributed by atoms with E-state index in [2.05, 4.69) is 15.3 Å². The maximum absolute atomic E-state index is 13.1. The van der Waals surface area contributed by atoms with Crippen molar-refractivity contribution in [1.82, 2.24) is 19.4 Å². The van der Waals surface area contributed by atoms with E-state index in [9.17, 15) is 14.7 Å². The first-order valence-corrected chi connectivity index (χ1v) is 12.1. The van der Waals surface area contributed by atoms with Crippen LogP contribution in [-0.2, 0) is 6.54 Å². The average molecular weight is 546 g/mol. The number of nitrogens with zero attached hydrogens (tertiary/aromatic N) is 5. The number of carboxylic acid groups (broad SMARTS) is 1. The van der Waals surface area contributed by atoms with Gasteiger partial charge in [0.2, 0.25) is 0 Å². The van der Waals surface area contributed by atoms with Crippen molar-refractivity contribution in [1.29, 1.82) is 0 Å². The van der Waals surface area contributed by atoms with Crippen molar-refractivity contribution in [2.45, 2.75) is 32.5 Å². The molecular weight excluding hydrogens is 527 g/mol. The minimum atomic E-state index is -1.23. The molecule has 2 N–H and O–H groups in total. The summed E-state index contributed by atoms with van der Waals surface area (Å²) in [6.45, 7) is 4.30. The Morgan fingerprint density at radius 2 is 1.94 bits per heavy atom. The number of carboxylic acids is 1. The van der Waals surface area contributed by atoms with Crippen LogP contribution >= 0.6 is 34.8 Å². The van der Waals surface area contributed by atoms with Gasteiger partial charge in [0.05, 0.1) is 33.5 Å². The van der Waals surface area contributed by atoms with E-state index in [1.807, 2.05) is 24.8 Å². The average Bonchev–Trinajstić information content (AvgIpc) is 3.15. The molecule has 0 aromatic carbocycles. The molecule has 1 aliphatic heterocycles. The normalized spacial score (nSPS) is 15.7. The highest BCUT2D eigenvalue weighted by molar-refractivity contribution is 6.31. The van der Waals surface area contributed by atoms with Crippen molar-refractivity contribution >= 4 is 57.9 Å². The summed E-state index contributed by atoms with van der Waals surface area (Å²) in [4.78, 5) is 40.0. The van der Waals surface area contributed by atoms with E-state index in [1.165, 1.54) is 28.8 Å². The van der Waals surface area contributed by atoms with Crippen LogP contribution in [0.2, 0.25) is 15.2 Å². The fourth-order valence-corrected chi connectivity index (χ4v) is 4.96. The Kier molecular flexibility index (Phi) is 6.23. The second-order valence-electron chi connectivity index (χ2n) is 8.46. The van der Waals surface area contributed by atoms with Gasteiger partial charge in [-0.3, -0.25) is 14.2 Å². The number of nitrogens with one attached hydrogen (secondary N) is 1. The predicted octanol–water partition coefficient (Wildman–Crippen LogP) is 5.40. The van der Waals surface area contributed by atoms with E-state index in [-0.39, 0.29) is 28.1 Å². The maximum Gasteiger partial charge on any atom is 0.356 e. The summed E-state index contributed by atoms with van der Waals surface area (Å²) < 4.78 is 1.38. The Morgan fingerprint density at radius 1 is 1.17 bits per heavy atom. The lowest BCUT2D eigenvalue weighted by molar-refractivity contribution is 0.0691. The third-order valence-corrected chi connectivity index (χ3v) is 6.74. The van der Waals surface area contributed by atoms with Crippen molar-refractivity contribution < 1.29 is 9.90 Å². The summed E-state index contributed by atoms with van der Waals surface area (Å²) in [6, 6.07) is 7.44. The third-order valence-electron chi connectivity index (χ3n) is 6.11. The monoisotopic (exact) mass is 544 g/mol. The van der Waals surface area contributed by atoms with Crippen molar-refractivity contribution in [2.24, 2.45) is 0 Å². The molecule has 0 spiro atoms. The number of hydrogen-bond acceptors (Lipinski definition) is 7. The van der Waals surface area contributed by atoms with E-state index in [1.54, 1.807) is 12.3 Å². The van der Waals surface area contributed by atoms with Gasteiger partial charge in [-0.1, -0.05) is 34.8 Å². The van der Waals surface area contributed by atoms with Gasteiger partial charge >= 0.3 is 5.97 Å². The highest BCUT2D eigenvalue weighted by Crippen LogP contribution is 2.36. The van der Waals surface area contributed by atoms with Crippen LogP contribution in [0.5, 0.6) is 0 Å². The Labute approximate surface area is 220 Å². The van der Waals surface area contributed by atoms with Crippen LogP contribution in [0.25, 0.3) is 5.65 Å². The topological polar surface area (TPSA) is 113 Å². The number of halogens is 3. The molecule has 0 bridgehead atoms. The smallest absolute Gasteiger partial charge is 0.356 e. The van der Waals surface area contributed by atoms with Crippen molar-refractivity contribution in [3.63, 3.8) is 0 Å². The summed E-state index contributed by atoms with van der Waals surface area (Å²) in [6.07, 6.45) is 3.11. The van der Waals surface area contributed by atoms with Crippen LogP contribution in [0.4, 0.5) is 11.5 Å². The van der Waals surface area contributed by atoms with Crippen LogP contribution in [0.15, 0.2) is 47.5 Å². The Hall–Kier alpha value is -3.40. The van der Waals surface area contributed by atoms with Crippen molar-refractivity contribution in [3.8, 4) is 0 Å². The molecule has 4 aromatic rings. The fraction of sp³-hybridized carbons (Fsp3) is 0.208. The molecule has 12 heteroatoms. The molecule has 5 heterocycles. The molecule has 9 nitrogen and oxygen atoms in total. The second kappa shape index (κ2) is 9.24. The number of hydrogen-bond donors (Lipinski definition) is 2. The minimum Gasteiger partial charge on any atom is -0.476 e. The fourth-order valence-electron chi connectivity index (χ4n) is 4.41. The number of pyridine rings is 3. The molecule has 2 atom stereocenters. The number of rotatable bonds is 5. The van der Waals surface area contributed by atoms with Gasteiger partial charge < -0.3 is 15.3 Å². The van der Waals surface area contributed by atoms with Crippen molar-refractivity contribution in [2.75, 3.05) is 10.2 Å². The number of carbonyl (C=O) groups is 1. The van der Waals surface area contributed by atoms with Crippen LogP contribution in [0.1, 0.15) is 53.2 Å². The number of aromatic nitrogens is 4. The summed E-state index contributed by atoms with van der Waals surface area (Å²) >= 11 is 18.3. The molecule has 0 radical (unpaired) electrons. The molecule has 4 aromatic heterocycles. The van der Waals surface area contributed by atoms with Crippen LogP contribution in [0.3, 0.4) is 0 Å². The van der Waals surface area contributed by atoms with E-state index >= 15 is 0 Å². The number of aromatic carboxylic acids is 1. The molecule has 1 aliphatic rings. The summed E-state index contributed by atoms with van der Waals surface area (Å²) in [5, 5.41) is 13.6. The zero-order valence-corrected chi connectivity index (χ0v) is 21.3. The molecule has 36 heavy (non-hydrogen) atoms. The summed E-state index contributed by atoms with van der Waals surface area (Å²) in [5.74, 6) is -0.743. The third kappa shape index (κ3) is 4.34. The van der Waals surface area contributed by atoms with Gasteiger partial charge in [0.15, 0.2) is 5.69 Å². The standard InChI is InChI=1S/C24H19Cl3N6O3/c1-11(29-17-3-4-18(27)30-22(17)24(35)36)16-6-15(26)10-33-20(34)7-19(31-23(16)33)32-9-13-5-14(25)8-28-21(13)12(32)2/h3-8,10-12,29H,9H2,1-2H3,(H,35,36)/t11-,12?/m1/s1. The molecule has 0 fully saturated rings. The Bertz CT molecular complexity index is 1590. The SMILES string of the molecule is CC1c2ncc(Cl)cc2CN1c1cc(=O)n2cc(Cl)cc([C@@H](C)Nc3ccc(Cl)nc3C(=O)O)c2n1.